The number of benzene rings is 2. The second-order valence-electron chi connectivity index (χ2n) is 8.86. The molecule has 1 aromatic heterocycles. The first-order valence-corrected chi connectivity index (χ1v) is 10.8. The number of β-amino-alcohol motifs (C(OH)–C–C–N with tert-alkyl or cyclic N) is 1. The molecule has 0 bridgehead atoms. The maximum Gasteiger partial charge on any atom is 0.344 e. The Kier molecular flexibility index (Phi) is 6.38. The van der Waals surface area contributed by atoms with Crippen LogP contribution in [0.4, 0.5) is 0 Å². The average Bonchev–Trinajstić information content (AvgIpc) is 2.78. The number of fused-ring (bicyclic) bond motifs is 1. The summed E-state index contributed by atoms with van der Waals surface area (Å²) in [5, 5.41) is 14.7. The van der Waals surface area contributed by atoms with Gasteiger partial charge in [-0.3, -0.25) is 4.79 Å². The van der Waals surface area contributed by atoms with Crippen LogP contribution in [0.1, 0.15) is 29.6 Å². The third-order valence-corrected chi connectivity index (χ3v) is 6.64. The van der Waals surface area contributed by atoms with Crippen molar-refractivity contribution in [1.82, 2.24) is 10.2 Å². The van der Waals surface area contributed by atoms with E-state index in [9.17, 15) is 14.7 Å². The van der Waals surface area contributed by atoms with Crippen LogP contribution in [0.25, 0.3) is 22.1 Å². The molecule has 0 radical (unpaired) electrons. The van der Waals surface area contributed by atoms with E-state index in [2.05, 4.69) is 5.32 Å². The van der Waals surface area contributed by atoms with Crippen molar-refractivity contribution in [3.8, 4) is 11.1 Å². The molecule has 2 saturated heterocycles. The summed E-state index contributed by atoms with van der Waals surface area (Å²) in [6.45, 7) is 2.84. The molecule has 1 amide bonds. The molecule has 6 nitrogen and oxygen atoms in total. The number of rotatable bonds is 2. The lowest BCUT2D eigenvalue weighted by atomic mass is 9.72. The van der Waals surface area contributed by atoms with Crippen LogP contribution in [-0.2, 0) is 0 Å². The fraction of sp³-hybridized carbons (Fsp3) is 0.360. The zero-order valence-electron chi connectivity index (χ0n) is 17.8. The molecule has 2 aromatic carbocycles. The average molecular weight is 455 g/mol. The lowest BCUT2D eigenvalue weighted by Gasteiger charge is -2.47. The van der Waals surface area contributed by atoms with Crippen molar-refractivity contribution in [3.63, 3.8) is 0 Å². The third kappa shape index (κ3) is 4.31. The summed E-state index contributed by atoms with van der Waals surface area (Å²) >= 11 is 0. The van der Waals surface area contributed by atoms with Gasteiger partial charge in [-0.25, -0.2) is 4.79 Å². The maximum atomic E-state index is 13.3. The highest BCUT2D eigenvalue weighted by molar-refractivity contribution is 5.96. The fourth-order valence-electron chi connectivity index (χ4n) is 5.09. The molecule has 2 aliphatic rings. The van der Waals surface area contributed by atoms with Gasteiger partial charge in [0.2, 0.25) is 0 Å². The van der Waals surface area contributed by atoms with Crippen molar-refractivity contribution in [1.29, 1.82) is 0 Å². The first kappa shape index (κ1) is 22.5. The van der Waals surface area contributed by atoms with Crippen LogP contribution in [0, 0.1) is 5.41 Å². The van der Waals surface area contributed by atoms with Gasteiger partial charge in [0.25, 0.3) is 5.91 Å². The van der Waals surface area contributed by atoms with E-state index in [0.717, 1.165) is 37.7 Å². The summed E-state index contributed by atoms with van der Waals surface area (Å²) in [6.07, 6.45) is 2.17. The van der Waals surface area contributed by atoms with Crippen LogP contribution in [-0.4, -0.2) is 48.2 Å². The van der Waals surface area contributed by atoms with Crippen LogP contribution >= 0.6 is 12.4 Å². The molecule has 0 aliphatic carbocycles. The normalized spacial score (nSPS) is 20.2. The molecular weight excluding hydrogens is 428 g/mol. The molecule has 2 fully saturated rings. The molecular formula is C25H27ClN2O4. The van der Waals surface area contributed by atoms with Crippen molar-refractivity contribution in [2.45, 2.75) is 25.4 Å². The van der Waals surface area contributed by atoms with Gasteiger partial charge in [-0.15, -0.1) is 12.4 Å². The van der Waals surface area contributed by atoms with E-state index in [1.165, 1.54) is 0 Å². The van der Waals surface area contributed by atoms with Gasteiger partial charge in [0.05, 0.1) is 11.7 Å². The minimum absolute atomic E-state index is 0. The van der Waals surface area contributed by atoms with Crippen molar-refractivity contribution < 1.29 is 14.3 Å². The van der Waals surface area contributed by atoms with E-state index in [1.807, 2.05) is 24.3 Å². The number of nitrogens with zero attached hydrogens (tertiary/aromatic N) is 1. The number of piperidine rings is 2. The number of hydrogen-bond donors (Lipinski definition) is 2. The SMILES string of the molecule is Cl.O=C(c1cccc(-c2cc3ccccc3oc2=O)c1)N1CC(O)CC2(CCNCC2)C1. The van der Waals surface area contributed by atoms with Crippen LogP contribution in [0.5, 0.6) is 0 Å². The van der Waals surface area contributed by atoms with Crippen molar-refractivity contribution in [2.75, 3.05) is 26.2 Å². The zero-order valence-corrected chi connectivity index (χ0v) is 18.6. The van der Waals surface area contributed by atoms with Gasteiger partial charge >= 0.3 is 5.63 Å². The molecule has 32 heavy (non-hydrogen) atoms. The molecule has 2 aliphatic heterocycles. The minimum Gasteiger partial charge on any atom is -0.422 e. The smallest absolute Gasteiger partial charge is 0.344 e. The highest BCUT2D eigenvalue weighted by atomic mass is 35.5. The van der Waals surface area contributed by atoms with E-state index in [1.54, 1.807) is 35.2 Å². The Balaban J connectivity index is 0.00000245. The van der Waals surface area contributed by atoms with Crippen LogP contribution in [0.2, 0.25) is 0 Å². The largest absolute Gasteiger partial charge is 0.422 e. The van der Waals surface area contributed by atoms with E-state index < -0.39 is 11.7 Å². The zero-order chi connectivity index (χ0) is 21.4. The van der Waals surface area contributed by atoms with Crippen molar-refractivity contribution in [3.05, 3.63) is 70.6 Å². The lowest BCUT2D eigenvalue weighted by molar-refractivity contribution is -0.0174. The Hall–Kier alpha value is -2.67. The van der Waals surface area contributed by atoms with Crippen molar-refractivity contribution >= 4 is 29.3 Å². The highest BCUT2D eigenvalue weighted by Crippen LogP contribution is 2.38. The molecule has 0 saturated carbocycles. The number of carbonyl (C=O) groups excluding carboxylic acids is 1. The number of para-hydroxylation sites is 1. The summed E-state index contributed by atoms with van der Waals surface area (Å²) in [6, 6.07) is 16.3. The molecule has 3 heterocycles. The number of carbonyl (C=O) groups is 1. The van der Waals surface area contributed by atoms with Gasteiger partial charge in [-0.2, -0.15) is 0 Å². The topological polar surface area (TPSA) is 82.8 Å². The number of halogens is 1. The summed E-state index contributed by atoms with van der Waals surface area (Å²) in [5.41, 5.74) is 1.70. The second kappa shape index (κ2) is 9.06. The summed E-state index contributed by atoms with van der Waals surface area (Å²) in [7, 11) is 0. The Morgan fingerprint density at radius 2 is 1.88 bits per heavy atom. The molecule has 7 heteroatoms. The summed E-state index contributed by atoms with van der Waals surface area (Å²) in [5.74, 6) is -0.108. The van der Waals surface area contributed by atoms with E-state index >= 15 is 0 Å². The molecule has 168 valence electrons. The Morgan fingerprint density at radius 3 is 2.69 bits per heavy atom. The van der Waals surface area contributed by atoms with Gasteiger partial charge in [0, 0.05) is 24.0 Å². The van der Waals surface area contributed by atoms with Crippen LogP contribution < -0.4 is 10.9 Å². The second-order valence-corrected chi connectivity index (χ2v) is 8.86. The molecule has 1 atom stereocenters. The molecule has 3 aromatic rings. The van der Waals surface area contributed by atoms with E-state index in [0.29, 0.717) is 35.4 Å². The van der Waals surface area contributed by atoms with Gasteiger partial charge in [-0.1, -0.05) is 30.3 Å². The molecule has 1 unspecified atom stereocenters. The summed E-state index contributed by atoms with van der Waals surface area (Å²) in [4.78, 5) is 27.7. The number of aliphatic hydroxyl groups is 1. The Bertz CT molecular complexity index is 1190. The van der Waals surface area contributed by atoms with Crippen LogP contribution in [0.3, 0.4) is 0 Å². The molecule has 2 N–H and O–H groups in total. The summed E-state index contributed by atoms with van der Waals surface area (Å²) < 4.78 is 5.46. The molecule has 1 spiro atoms. The number of nitrogens with one attached hydrogen (secondary N) is 1. The van der Waals surface area contributed by atoms with Gasteiger partial charge in [0.15, 0.2) is 0 Å². The number of hydrogen-bond acceptors (Lipinski definition) is 5. The highest BCUT2D eigenvalue weighted by Gasteiger charge is 2.41. The third-order valence-electron chi connectivity index (χ3n) is 6.64. The number of likely N-dealkylation sites (tertiary alicyclic amines) is 1. The standard InChI is InChI=1S/C25H26N2O4.ClH/c28-20-14-25(8-10-26-11-9-25)16-27(15-20)23(29)19-6-3-5-17(12-19)21-13-18-4-1-2-7-22(18)31-24(21)30;/h1-7,12-13,20,26,28H,8-11,14-16H2;1H. The van der Waals surface area contributed by atoms with E-state index in [4.69, 9.17) is 4.42 Å². The van der Waals surface area contributed by atoms with Gasteiger partial charge in [0.1, 0.15) is 5.58 Å². The van der Waals surface area contributed by atoms with E-state index in [-0.39, 0.29) is 23.7 Å². The van der Waals surface area contributed by atoms with Crippen LogP contribution in [0.15, 0.2) is 63.8 Å². The predicted octanol–water partition coefficient (Wildman–Crippen LogP) is 3.46. The first-order valence-electron chi connectivity index (χ1n) is 10.8. The lowest BCUT2D eigenvalue weighted by Crippen LogP contribution is -2.54. The van der Waals surface area contributed by atoms with Gasteiger partial charge in [-0.05, 0) is 67.6 Å². The number of amides is 1. The van der Waals surface area contributed by atoms with Gasteiger partial charge < -0.3 is 19.7 Å². The number of aliphatic hydroxyl groups excluding tert-OH is 1. The minimum atomic E-state index is -0.508. The predicted molar refractivity (Wildman–Crippen MR) is 126 cm³/mol. The fourth-order valence-corrected chi connectivity index (χ4v) is 5.09. The quantitative estimate of drug-likeness (QED) is 0.579. The van der Waals surface area contributed by atoms with Crippen molar-refractivity contribution in [2.24, 2.45) is 5.41 Å². The monoisotopic (exact) mass is 454 g/mol. The molecule has 5 rings (SSSR count). The Morgan fingerprint density at radius 1 is 1.09 bits per heavy atom. The first-order chi connectivity index (χ1) is 15.0. The Labute approximate surface area is 192 Å². The maximum absolute atomic E-state index is 13.3.